The van der Waals surface area contributed by atoms with Crippen molar-refractivity contribution in [3.8, 4) is 0 Å². The first kappa shape index (κ1) is 13.0. The number of benzene rings is 2. The number of carbonyl (C=O) groups is 1. The standard InChI is InChI=1S/C14H11FINO/c1-9-5-6-13(15)12(7-9)14(18)17-11-4-2-3-10(16)8-11/h2-8H,1H3,(H,17,18). The van der Waals surface area contributed by atoms with Crippen molar-refractivity contribution in [1.82, 2.24) is 0 Å². The molecule has 0 fully saturated rings. The SMILES string of the molecule is Cc1ccc(F)c(C(=O)Nc2cccc(I)c2)c1. The zero-order valence-corrected chi connectivity index (χ0v) is 11.9. The van der Waals surface area contributed by atoms with Crippen LogP contribution < -0.4 is 5.32 Å². The van der Waals surface area contributed by atoms with Crippen LogP contribution in [0.1, 0.15) is 15.9 Å². The average Bonchev–Trinajstić information content (AvgIpc) is 2.32. The minimum Gasteiger partial charge on any atom is -0.322 e. The van der Waals surface area contributed by atoms with Gasteiger partial charge in [0.25, 0.3) is 5.91 Å². The molecule has 2 nitrogen and oxygen atoms in total. The second kappa shape index (κ2) is 5.48. The molecule has 0 radical (unpaired) electrons. The van der Waals surface area contributed by atoms with E-state index in [1.165, 1.54) is 6.07 Å². The first-order chi connectivity index (χ1) is 8.56. The quantitative estimate of drug-likeness (QED) is 0.811. The van der Waals surface area contributed by atoms with Crippen LogP contribution in [0, 0.1) is 16.3 Å². The van der Waals surface area contributed by atoms with Crippen LogP contribution in [0.4, 0.5) is 10.1 Å². The van der Waals surface area contributed by atoms with E-state index in [2.05, 4.69) is 27.9 Å². The van der Waals surface area contributed by atoms with Crippen molar-refractivity contribution < 1.29 is 9.18 Å². The maximum atomic E-state index is 13.5. The molecule has 0 aliphatic rings. The molecule has 0 unspecified atom stereocenters. The fraction of sp³-hybridized carbons (Fsp3) is 0.0714. The Morgan fingerprint density at radius 1 is 1.22 bits per heavy atom. The Morgan fingerprint density at radius 2 is 2.00 bits per heavy atom. The van der Waals surface area contributed by atoms with E-state index in [4.69, 9.17) is 0 Å². The van der Waals surface area contributed by atoms with E-state index in [1.54, 1.807) is 18.2 Å². The fourth-order valence-electron chi connectivity index (χ4n) is 1.58. The van der Waals surface area contributed by atoms with Crippen LogP contribution in [0.2, 0.25) is 0 Å². The van der Waals surface area contributed by atoms with Gasteiger partial charge in [0.15, 0.2) is 0 Å². The van der Waals surface area contributed by atoms with E-state index in [0.717, 1.165) is 9.13 Å². The predicted octanol–water partition coefficient (Wildman–Crippen LogP) is 3.99. The van der Waals surface area contributed by atoms with Crippen molar-refractivity contribution in [3.05, 3.63) is 63.0 Å². The minimum absolute atomic E-state index is 0.0638. The minimum atomic E-state index is -0.510. The molecule has 0 saturated heterocycles. The molecular weight excluding hydrogens is 344 g/mol. The number of rotatable bonds is 2. The van der Waals surface area contributed by atoms with Gasteiger partial charge in [-0.2, -0.15) is 0 Å². The van der Waals surface area contributed by atoms with Crippen LogP contribution in [-0.2, 0) is 0 Å². The molecule has 0 bridgehead atoms. The van der Waals surface area contributed by atoms with Crippen LogP contribution in [0.15, 0.2) is 42.5 Å². The number of nitrogens with one attached hydrogen (secondary N) is 1. The molecular formula is C14H11FINO. The van der Waals surface area contributed by atoms with Gasteiger partial charge in [0.05, 0.1) is 5.56 Å². The third kappa shape index (κ3) is 3.07. The maximum absolute atomic E-state index is 13.5. The van der Waals surface area contributed by atoms with Crippen LogP contribution >= 0.6 is 22.6 Å². The molecule has 1 amide bonds. The summed E-state index contributed by atoms with van der Waals surface area (Å²) in [6.45, 7) is 1.82. The lowest BCUT2D eigenvalue weighted by Gasteiger charge is -2.07. The highest BCUT2D eigenvalue weighted by Crippen LogP contribution is 2.15. The van der Waals surface area contributed by atoms with Crippen LogP contribution in [0.5, 0.6) is 0 Å². The van der Waals surface area contributed by atoms with Gasteiger partial charge in [-0.05, 0) is 59.8 Å². The number of amides is 1. The Bertz CT molecular complexity index is 598. The second-order valence-corrected chi connectivity index (χ2v) is 5.19. The summed E-state index contributed by atoms with van der Waals surface area (Å²) in [7, 11) is 0. The summed E-state index contributed by atoms with van der Waals surface area (Å²) in [5.74, 6) is -0.943. The van der Waals surface area contributed by atoms with Crippen molar-refractivity contribution in [2.45, 2.75) is 6.92 Å². The van der Waals surface area contributed by atoms with Gasteiger partial charge in [-0.3, -0.25) is 4.79 Å². The van der Waals surface area contributed by atoms with Crippen molar-refractivity contribution >= 4 is 34.2 Å². The molecule has 0 aliphatic carbocycles. The average molecular weight is 355 g/mol. The summed E-state index contributed by atoms with van der Waals surface area (Å²) in [6, 6.07) is 11.8. The van der Waals surface area contributed by atoms with Crippen LogP contribution in [0.3, 0.4) is 0 Å². The van der Waals surface area contributed by atoms with E-state index in [1.807, 2.05) is 25.1 Å². The summed E-state index contributed by atoms with van der Waals surface area (Å²) in [5.41, 5.74) is 1.57. The molecule has 0 atom stereocenters. The fourth-order valence-corrected chi connectivity index (χ4v) is 2.12. The summed E-state index contributed by atoms with van der Waals surface area (Å²) < 4.78 is 14.5. The molecule has 0 spiro atoms. The molecule has 1 N–H and O–H groups in total. The molecule has 2 rings (SSSR count). The van der Waals surface area contributed by atoms with Crippen LogP contribution in [-0.4, -0.2) is 5.91 Å². The van der Waals surface area contributed by atoms with E-state index >= 15 is 0 Å². The summed E-state index contributed by atoms with van der Waals surface area (Å²) in [6.07, 6.45) is 0. The highest BCUT2D eigenvalue weighted by atomic mass is 127. The number of carbonyl (C=O) groups excluding carboxylic acids is 1. The van der Waals surface area contributed by atoms with E-state index in [9.17, 15) is 9.18 Å². The van der Waals surface area contributed by atoms with Gasteiger partial charge in [0.1, 0.15) is 5.82 Å². The van der Waals surface area contributed by atoms with Gasteiger partial charge in [-0.15, -0.1) is 0 Å². The second-order valence-electron chi connectivity index (χ2n) is 3.95. The molecule has 2 aromatic carbocycles. The van der Waals surface area contributed by atoms with Crippen LogP contribution in [0.25, 0.3) is 0 Å². The van der Waals surface area contributed by atoms with E-state index in [0.29, 0.717) is 5.69 Å². The lowest BCUT2D eigenvalue weighted by Crippen LogP contribution is -2.14. The lowest BCUT2D eigenvalue weighted by molar-refractivity contribution is 0.102. The highest BCUT2D eigenvalue weighted by Gasteiger charge is 2.11. The monoisotopic (exact) mass is 355 g/mol. The topological polar surface area (TPSA) is 29.1 Å². The predicted molar refractivity (Wildman–Crippen MR) is 78.2 cm³/mol. The van der Waals surface area contributed by atoms with Crippen molar-refractivity contribution in [3.63, 3.8) is 0 Å². The molecule has 18 heavy (non-hydrogen) atoms. The maximum Gasteiger partial charge on any atom is 0.258 e. The number of hydrogen-bond donors (Lipinski definition) is 1. The molecule has 0 aliphatic heterocycles. The Morgan fingerprint density at radius 3 is 2.72 bits per heavy atom. The van der Waals surface area contributed by atoms with Gasteiger partial charge in [-0.1, -0.05) is 17.7 Å². The zero-order valence-electron chi connectivity index (χ0n) is 9.71. The number of anilines is 1. The first-order valence-corrected chi connectivity index (χ1v) is 6.47. The number of hydrogen-bond acceptors (Lipinski definition) is 1. The Hall–Kier alpha value is -1.43. The van der Waals surface area contributed by atoms with Gasteiger partial charge in [0.2, 0.25) is 0 Å². The largest absolute Gasteiger partial charge is 0.322 e. The molecule has 0 heterocycles. The number of aryl methyl sites for hydroxylation is 1. The van der Waals surface area contributed by atoms with Gasteiger partial charge < -0.3 is 5.32 Å². The highest BCUT2D eigenvalue weighted by molar-refractivity contribution is 14.1. The van der Waals surface area contributed by atoms with Crippen molar-refractivity contribution in [1.29, 1.82) is 0 Å². The Balaban J connectivity index is 2.24. The third-order valence-corrected chi connectivity index (χ3v) is 3.12. The Labute approximate surface area is 118 Å². The summed E-state index contributed by atoms with van der Waals surface area (Å²) in [4.78, 5) is 11.9. The van der Waals surface area contributed by atoms with E-state index < -0.39 is 11.7 Å². The van der Waals surface area contributed by atoms with Crippen molar-refractivity contribution in [2.75, 3.05) is 5.32 Å². The summed E-state index contributed by atoms with van der Waals surface area (Å²) in [5, 5.41) is 2.68. The van der Waals surface area contributed by atoms with Gasteiger partial charge >= 0.3 is 0 Å². The molecule has 0 aromatic heterocycles. The molecule has 0 saturated carbocycles. The molecule has 4 heteroatoms. The Kier molecular flexibility index (Phi) is 3.96. The van der Waals surface area contributed by atoms with E-state index in [-0.39, 0.29) is 5.56 Å². The van der Waals surface area contributed by atoms with Gasteiger partial charge in [0, 0.05) is 9.26 Å². The smallest absolute Gasteiger partial charge is 0.258 e. The first-order valence-electron chi connectivity index (χ1n) is 5.39. The summed E-state index contributed by atoms with van der Waals surface area (Å²) >= 11 is 2.15. The van der Waals surface area contributed by atoms with Gasteiger partial charge in [-0.25, -0.2) is 4.39 Å². The lowest BCUT2D eigenvalue weighted by atomic mass is 10.1. The molecule has 2 aromatic rings. The third-order valence-electron chi connectivity index (χ3n) is 2.45. The molecule has 92 valence electrons. The normalized spacial score (nSPS) is 10.2. The number of halogens is 2. The zero-order chi connectivity index (χ0) is 13.1. The van der Waals surface area contributed by atoms with Crippen molar-refractivity contribution in [2.24, 2.45) is 0 Å².